The summed E-state index contributed by atoms with van der Waals surface area (Å²) in [6.07, 6.45) is 0. The van der Waals surface area contributed by atoms with Gasteiger partial charge in [-0.3, -0.25) is 14.4 Å². The van der Waals surface area contributed by atoms with Crippen molar-refractivity contribution in [1.82, 2.24) is 4.90 Å². The van der Waals surface area contributed by atoms with Crippen molar-refractivity contribution in [2.75, 3.05) is 20.8 Å². The summed E-state index contributed by atoms with van der Waals surface area (Å²) in [7, 11) is 2.95. The van der Waals surface area contributed by atoms with Crippen molar-refractivity contribution in [3.8, 4) is 17.6 Å². The predicted molar refractivity (Wildman–Crippen MR) is 78.8 cm³/mol. The summed E-state index contributed by atoms with van der Waals surface area (Å²) in [4.78, 5) is 37.2. The topological polar surface area (TPSA) is 96.7 Å². The maximum atomic E-state index is 12.1. The number of nitrogens with zero attached hydrogens (tertiary/aromatic N) is 2. The molecule has 0 bridgehead atoms. The minimum Gasteiger partial charge on any atom is -0.493 e. The number of rotatable bonds is 5. The number of Topliss-reactive ketones (excluding diaryl/α,β-unsaturated/α-hetero) is 2. The highest BCUT2D eigenvalue weighted by Crippen LogP contribution is 2.39. The Morgan fingerprint density at radius 2 is 1.91 bits per heavy atom. The molecule has 0 N–H and O–H groups in total. The number of likely N-dealkylation sites (tertiary alicyclic amines) is 1. The molecule has 23 heavy (non-hydrogen) atoms. The molecule has 1 saturated heterocycles. The van der Waals surface area contributed by atoms with Crippen molar-refractivity contribution in [1.29, 1.82) is 5.26 Å². The molecule has 2 unspecified atom stereocenters. The predicted octanol–water partition coefficient (Wildman–Crippen LogP) is 0.885. The fourth-order valence-corrected chi connectivity index (χ4v) is 2.79. The van der Waals surface area contributed by atoms with Crippen LogP contribution in [0.4, 0.5) is 0 Å². The largest absolute Gasteiger partial charge is 0.493 e. The number of hydrogen-bond donors (Lipinski definition) is 0. The van der Waals surface area contributed by atoms with E-state index >= 15 is 0 Å². The van der Waals surface area contributed by atoms with E-state index in [0.29, 0.717) is 17.1 Å². The molecule has 7 heteroatoms. The first kappa shape index (κ1) is 16.5. The first-order valence-electron chi connectivity index (χ1n) is 6.90. The molecule has 0 spiro atoms. The third-order valence-corrected chi connectivity index (χ3v) is 3.83. The molecule has 120 valence electrons. The number of benzene rings is 1. The van der Waals surface area contributed by atoms with Crippen LogP contribution in [0.25, 0.3) is 0 Å². The van der Waals surface area contributed by atoms with E-state index in [9.17, 15) is 14.4 Å². The van der Waals surface area contributed by atoms with E-state index in [4.69, 9.17) is 14.7 Å². The van der Waals surface area contributed by atoms with E-state index in [-0.39, 0.29) is 6.54 Å². The van der Waals surface area contributed by atoms with Gasteiger partial charge in [0.05, 0.1) is 26.3 Å². The summed E-state index contributed by atoms with van der Waals surface area (Å²) >= 11 is 0. The number of carbonyl (C=O) groups is 3. The molecule has 0 radical (unpaired) electrons. The standard InChI is InChI=1S/C16H16N2O5/c1-9(19)13-14(18(7-6-17)16(21)15(13)20)10-4-5-11(22-2)12(8-10)23-3/h4-5,8,13-14H,7H2,1-3H3. The maximum Gasteiger partial charge on any atom is 0.292 e. The van der Waals surface area contributed by atoms with E-state index in [2.05, 4.69) is 0 Å². The van der Waals surface area contributed by atoms with Crippen molar-refractivity contribution in [2.45, 2.75) is 13.0 Å². The number of methoxy groups -OCH3 is 2. The Morgan fingerprint density at radius 3 is 2.43 bits per heavy atom. The lowest BCUT2D eigenvalue weighted by Crippen LogP contribution is -2.30. The van der Waals surface area contributed by atoms with Crippen molar-refractivity contribution >= 4 is 17.5 Å². The number of nitriles is 1. The van der Waals surface area contributed by atoms with Gasteiger partial charge in [-0.2, -0.15) is 5.26 Å². The molecule has 1 aromatic carbocycles. The molecule has 7 nitrogen and oxygen atoms in total. The molecule has 0 aliphatic carbocycles. The smallest absolute Gasteiger partial charge is 0.292 e. The number of carbonyl (C=O) groups excluding carboxylic acids is 3. The van der Waals surface area contributed by atoms with Crippen LogP contribution in [0.3, 0.4) is 0 Å². The average Bonchev–Trinajstić information content (AvgIpc) is 2.79. The lowest BCUT2D eigenvalue weighted by atomic mass is 9.89. The second-order valence-electron chi connectivity index (χ2n) is 5.10. The lowest BCUT2D eigenvalue weighted by Gasteiger charge is -2.25. The Morgan fingerprint density at radius 1 is 1.26 bits per heavy atom. The summed E-state index contributed by atoms with van der Waals surface area (Å²) in [6.45, 7) is 0.993. The van der Waals surface area contributed by atoms with Crippen molar-refractivity contribution in [3.05, 3.63) is 23.8 Å². The minimum atomic E-state index is -1.12. The SMILES string of the molecule is COc1ccc(C2C(C(C)=O)C(=O)C(=O)N2CC#N)cc1OC. The van der Waals surface area contributed by atoms with Gasteiger partial charge in [-0.1, -0.05) is 6.07 Å². The first-order chi connectivity index (χ1) is 11.0. The van der Waals surface area contributed by atoms with Crippen LogP contribution in [0.15, 0.2) is 18.2 Å². The Labute approximate surface area is 133 Å². The third-order valence-electron chi connectivity index (χ3n) is 3.83. The fourth-order valence-electron chi connectivity index (χ4n) is 2.79. The Balaban J connectivity index is 2.56. The highest BCUT2D eigenvalue weighted by atomic mass is 16.5. The monoisotopic (exact) mass is 316 g/mol. The van der Waals surface area contributed by atoms with Gasteiger partial charge in [0.2, 0.25) is 5.78 Å². The zero-order valence-corrected chi connectivity index (χ0v) is 13.0. The van der Waals surface area contributed by atoms with Crippen molar-refractivity contribution < 1.29 is 23.9 Å². The maximum absolute atomic E-state index is 12.1. The van der Waals surface area contributed by atoms with Gasteiger partial charge in [0.1, 0.15) is 18.2 Å². The summed E-state index contributed by atoms with van der Waals surface area (Å²) in [5, 5.41) is 8.92. The molecule has 1 fully saturated rings. The average molecular weight is 316 g/mol. The van der Waals surface area contributed by atoms with Gasteiger partial charge in [0.25, 0.3) is 5.91 Å². The van der Waals surface area contributed by atoms with Crippen LogP contribution in [-0.2, 0) is 14.4 Å². The van der Waals surface area contributed by atoms with Gasteiger partial charge >= 0.3 is 0 Å². The van der Waals surface area contributed by atoms with Crippen LogP contribution in [0.2, 0.25) is 0 Å². The van der Waals surface area contributed by atoms with E-state index in [0.717, 1.165) is 4.90 Å². The Hall–Kier alpha value is -2.88. The summed E-state index contributed by atoms with van der Waals surface area (Å²) in [5.74, 6) is -2.23. The van der Waals surface area contributed by atoms with E-state index in [1.54, 1.807) is 18.2 Å². The van der Waals surface area contributed by atoms with Crippen LogP contribution in [0.5, 0.6) is 11.5 Å². The van der Waals surface area contributed by atoms with Gasteiger partial charge in [-0.25, -0.2) is 0 Å². The van der Waals surface area contributed by atoms with E-state index in [1.807, 2.05) is 6.07 Å². The van der Waals surface area contributed by atoms with Gasteiger partial charge < -0.3 is 14.4 Å². The number of hydrogen-bond acceptors (Lipinski definition) is 6. The molecule has 1 aliphatic heterocycles. The summed E-state index contributed by atoms with van der Waals surface area (Å²) in [6, 6.07) is 5.93. The van der Waals surface area contributed by atoms with E-state index in [1.165, 1.54) is 21.1 Å². The van der Waals surface area contributed by atoms with Gasteiger partial charge in [-0.05, 0) is 24.6 Å². The van der Waals surface area contributed by atoms with E-state index < -0.39 is 29.4 Å². The van der Waals surface area contributed by atoms with Crippen LogP contribution >= 0.6 is 0 Å². The zero-order valence-electron chi connectivity index (χ0n) is 13.0. The van der Waals surface area contributed by atoms with Crippen LogP contribution in [-0.4, -0.2) is 43.1 Å². The molecule has 2 rings (SSSR count). The zero-order chi connectivity index (χ0) is 17.1. The highest BCUT2D eigenvalue weighted by Gasteiger charge is 2.50. The quantitative estimate of drug-likeness (QED) is 0.454. The lowest BCUT2D eigenvalue weighted by molar-refractivity contribution is -0.141. The normalized spacial score (nSPS) is 20.3. The molecule has 1 amide bonds. The summed E-state index contributed by atoms with van der Waals surface area (Å²) < 4.78 is 10.4. The molecule has 0 aromatic heterocycles. The molecular formula is C16H16N2O5. The Kier molecular flexibility index (Phi) is 4.65. The number of ether oxygens (including phenoxy) is 2. The van der Waals surface area contributed by atoms with Gasteiger partial charge in [0.15, 0.2) is 11.5 Å². The van der Waals surface area contributed by atoms with Crippen LogP contribution in [0, 0.1) is 17.2 Å². The second-order valence-corrected chi connectivity index (χ2v) is 5.10. The van der Waals surface area contributed by atoms with Gasteiger partial charge in [0, 0.05) is 0 Å². The third kappa shape index (κ3) is 2.75. The van der Waals surface area contributed by atoms with Crippen LogP contribution in [0.1, 0.15) is 18.5 Å². The van der Waals surface area contributed by atoms with Gasteiger partial charge in [-0.15, -0.1) is 0 Å². The molecule has 2 atom stereocenters. The van der Waals surface area contributed by atoms with Crippen LogP contribution < -0.4 is 9.47 Å². The van der Waals surface area contributed by atoms with Crippen molar-refractivity contribution in [3.63, 3.8) is 0 Å². The first-order valence-corrected chi connectivity index (χ1v) is 6.90. The minimum absolute atomic E-state index is 0.270. The fraction of sp³-hybridized carbons (Fsp3) is 0.375. The Bertz CT molecular complexity index is 707. The molecule has 1 aliphatic rings. The molecule has 1 aromatic rings. The number of ketones is 2. The highest BCUT2D eigenvalue weighted by molar-refractivity contribution is 6.42. The molecular weight excluding hydrogens is 300 g/mol. The second kappa shape index (κ2) is 6.48. The molecule has 1 heterocycles. The molecule has 0 saturated carbocycles. The summed E-state index contributed by atoms with van der Waals surface area (Å²) in [5.41, 5.74) is 0.539. The number of amides is 1. The van der Waals surface area contributed by atoms with Crippen molar-refractivity contribution in [2.24, 2.45) is 5.92 Å².